The lowest BCUT2D eigenvalue weighted by Gasteiger charge is -2.22. The van der Waals surface area contributed by atoms with E-state index in [9.17, 15) is 9.59 Å². The summed E-state index contributed by atoms with van der Waals surface area (Å²) in [6.07, 6.45) is 4.62. The molecule has 3 N–H and O–H groups in total. The van der Waals surface area contributed by atoms with Crippen LogP contribution in [0.3, 0.4) is 0 Å². The van der Waals surface area contributed by atoms with Crippen molar-refractivity contribution in [3.8, 4) is 0 Å². The van der Waals surface area contributed by atoms with Gasteiger partial charge in [-0.2, -0.15) is 0 Å². The van der Waals surface area contributed by atoms with Crippen LogP contribution in [0.1, 0.15) is 32.1 Å². The summed E-state index contributed by atoms with van der Waals surface area (Å²) >= 11 is 0. The molecule has 2 saturated heterocycles. The van der Waals surface area contributed by atoms with Crippen LogP contribution in [0.4, 0.5) is 0 Å². The van der Waals surface area contributed by atoms with Crippen molar-refractivity contribution in [2.24, 2.45) is 5.92 Å². The Balaban J connectivity index is 0.00000162. The minimum atomic E-state index is -0.0377. The van der Waals surface area contributed by atoms with E-state index in [1.54, 1.807) is 0 Å². The molecule has 0 saturated carbocycles. The fourth-order valence-corrected chi connectivity index (χ4v) is 2.47. The Kier molecular flexibility index (Phi) is 6.43. The number of piperidine rings is 1. The van der Waals surface area contributed by atoms with Crippen LogP contribution in [0.25, 0.3) is 0 Å². The van der Waals surface area contributed by atoms with Crippen molar-refractivity contribution in [2.45, 2.75) is 38.1 Å². The average molecular weight is 276 g/mol. The van der Waals surface area contributed by atoms with Crippen LogP contribution < -0.4 is 16.0 Å². The van der Waals surface area contributed by atoms with Gasteiger partial charge in [0.25, 0.3) is 0 Å². The second-order valence-corrected chi connectivity index (χ2v) is 4.91. The number of nitrogens with one attached hydrogen (secondary N) is 3. The SMILES string of the molecule is Cl.O=C1CCC(C(=O)NCC[C@H]2CCCN2)CN1. The lowest BCUT2D eigenvalue weighted by molar-refractivity contribution is -0.128. The minimum absolute atomic E-state index is 0. The van der Waals surface area contributed by atoms with Crippen molar-refractivity contribution in [1.29, 1.82) is 0 Å². The average Bonchev–Trinajstić information content (AvgIpc) is 2.83. The Morgan fingerprint density at radius 3 is 2.83 bits per heavy atom. The zero-order chi connectivity index (χ0) is 12.1. The Labute approximate surface area is 114 Å². The monoisotopic (exact) mass is 275 g/mol. The summed E-state index contributed by atoms with van der Waals surface area (Å²) in [4.78, 5) is 22.8. The molecule has 2 atom stereocenters. The lowest BCUT2D eigenvalue weighted by atomic mass is 9.98. The highest BCUT2D eigenvalue weighted by Crippen LogP contribution is 2.11. The van der Waals surface area contributed by atoms with Crippen LogP contribution >= 0.6 is 12.4 Å². The van der Waals surface area contributed by atoms with Gasteiger partial charge in [-0.05, 0) is 32.2 Å². The van der Waals surface area contributed by atoms with E-state index < -0.39 is 0 Å². The molecule has 2 aliphatic heterocycles. The first kappa shape index (κ1) is 15.2. The van der Waals surface area contributed by atoms with Crippen molar-refractivity contribution >= 4 is 24.2 Å². The first-order valence-corrected chi connectivity index (χ1v) is 6.53. The Bertz CT molecular complexity index is 283. The number of halogens is 1. The van der Waals surface area contributed by atoms with E-state index in [0.717, 1.165) is 19.5 Å². The molecule has 6 heteroatoms. The Hall–Kier alpha value is -0.810. The summed E-state index contributed by atoms with van der Waals surface area (Å²) in [6, 6.07) is 0.571. The van der Waals surface area contributed by atoms with Gasteiger partial charge < -0.3 is 16.0 Å². The molecule has 18 heavy (non-hydrogen) atoms. The molecule has 0 radical (unpaired) electrons. The minimum Gasteiger partial charge on any atom is -0.356 e. The van der Waals surface area contributed by atoms with E-state index in [1.807, 2.05) is 0 Å². The van der Waals surface area contributed by atoms with Gasteiger partial charge in [0.05, 0.1) is 5.92 Å². The van der Waals surface area contributed by atoms with Crippen molar-refractivity contribution in [1.82, 2.24) is 16.0 Å². The standard InChI is InChI=1S/C12H21N3O2.ClH/c16-11-4-3-9(8-15-11)12(17)14-7-5-10-2-1-6-13-10;/h9-10,13H,1-8H2,(H,14,17)(H,15,16);1H/t9?,10-;/m1./s1. The third-order valence-corrected chi connectivity index (χ3v) is 3.59. The zero-order valence-electron chi connectivity index (χ0n) is 10.5. The quantitative estimate of drug-likeness (QED) is 0.686. The predicted molar refractivity (Wildman–Crippen MR) is 71.6 cm³/mol. The summed E-state index contributed by atoms with van der Waals surface area (Å²) in [6.45, 7) is 2.33. The second-order valence-electron chi connectivity index (χ2n) is 4.91. The highest BCUT2D eigenvalue weighted by Gasteiger charge is 2.24. The topological polar surface area (TPSA) is 70.2 Å². The van der Waals surface area contributed by atoms with Gasteiger partial charge >= 0.3 is 0 Å². The van der Waals surface area contributed by atoms with E-state index in [-0.39, 0.29) is 30.1 Å². The Morgan fingerprint density at radius 2 is 2.22 bits per heavy atom. The van der Waals surface area contributed by atoms with Crippen LogP contribution in [0.5, 0.6) is 0 Å². The third kappa shape index (κ3) is 4.46. The molecule has 5 nitrogen and oxygen atoms in total. The molecule has 2 aliphatic rings. The molecular formula is C12H22ClN3O2. The number of carbonyl (C=O) groups excluding carboxylic acids is 2. The maximum Gasteiger partial charge on any atom is 0.224 e. The largest absolute Gasteiger partial charge is 0.356 e. The summed E-state index contributed by atoms with van der Waals surface area (Å²) in [7, 11) is 0. The Morgan fingerprint density at radius 1 is 1.39 bits per heavy atom. The van der Waals surface area contributed by atoms with Gasteiger partial charge in [-0.25, -0.2) is 0 Å². The molecule has 2 heterocycles. The molecule has 0 aromatic heterocycles. The van der Waals surface area contributed by atoms with Crippen LogP contribution in [-0.4, -0.2) is 37.5 Å². The van der Waals surface area contributed by atoms with Gasteiger partial charge in [0.2, 0.25) is 11.8 Å². The molecule has 2 amide bonds. The van der Waals surface area contributed by atoms with Crippen molar-refractivity contribution in [3.63, 3.8) is 0 Å². The van der Waals surface area contributed by atoms with Gasteiger partial charge in [0.1, 0.15) is 0 Å². The fourth-order valence-electron chi connectivity index (χ4n) is 2.47. The smallest absolute Gasteiger partial charge is 0.224 e. The molecule has 0 aromatic rings. The normalized spacial score (nSPS) is 27.2. The van der Waals surface area contributed by atoms with Crippen LogP contribution in [-0.2, 0) is 9.59 Å². The van der Waals surface area contributed by atoms with Gasteiger partial charge in [-0.1, -0.05) is 0 Å². The molecule has 104 valence electrons. The zero-order valence-corrected chi connectivity index (χ0v) is 11.4. The van der Waals surface area contributed by atoms with Gasteiger partial charge in [-0.3, -0.25) is 9.59 Å². The molecule has 1 unspecified atom stereocenters. The lowest BCUT2D eigenvalue weighted by Crippen LogP contribution is -2.43. The van der Waals surface area contributed by atoms with Crippen LogP contribution in [0, 0.1) is 5.92 Å². The molecule has 2 rings (SSSR count). The van der Waals surface area contributed by atoms with E-state index in [1.165, 1.54) is 12.8 Å². The maximum atomic E-state index is 11.8. The van der Waals surface area contributed by atoms with Gasteiger partial charge in [0, 0.05) is 25.6 Å². The first-order chi connectivity index (χ1) is 8.25. The summed E-state index contributed by atoms with van der Waals surface area (Å²) < 4.78 is 0. The molecule has 2 fully saturated rings. The predicted octanol–water partition coefficient (Wildman–Crippen LogP) is 0.193. The number of amides is 2. The summed E-state index contributed by atoms with van der Waals surface area (Å²) in [5.74, 6) is 0.108. The molecular weight excluding hydrogens is 254 g/mol. The number of rotatable bonds is 4. The first-order valence-electron chi connectivity index (χ1n) is 6.53. The fraction of sp³-hybridized carbons (Fsp3) is 0.833. The number of carbonyl (C=O) groups is 2. The summed E-state index contributed by atoms with van der Waals surface area (Å²) in [5.41, 5.74) is 0. The second kappa shape index (κ2) is 7.59. The summed E-state index contributed by atoms with van der Waals surface area (Å²) in [5, 5.41) is 9.10. The highest BCUT2D eigenvalue weighted by molar-refractivity contribution is 5.85. The van der Waals surface area contributed by atoms with E-state index in [2.05, 4.69) is 16.0 Å². The van der Waals surface area contributed by atoms with Crippen molar-refractivity contribution in [3.05, 3.63) is 0 Å². The van der Waals surface area contributed by atoms with E-state index in [4.69, 9.17) is 0 Å². The van der Waals surface area contributed by atoms with Gasteiger partial charge in [0.15, 0.2) is 0 Å². The number of hydrogen-bond acceptors (Lipinski definition) is 3. The third-order valence-electron chi connectivity index (χ3n) is 3.59. The van der Waals surface area contributed by atoms with E-state index >= 15 is 0 Å². The number of hydrogen-bond donors (Lipinski definition) is 3. The molecule has 0 bridgehead atoms. The molecule has 0 aromatic carbocycles. The van der Waals surface area contributed by atoms with Crippen LogP contribution in [0.15, 0.2) is 0 Å². The highest BCUT2D eigenvalue weighted by atomic mass is 35.5. The van der Waals surface area contributed by atoms with Gasteiger partial charge in [-0.15, -0.1) is 12.4 Å². The van der Waals surface area contributed by atoms with E-state index in [0.29, 0.717) is 25.4 Å². The van der Waals surface area contributed by atoms with Crippen LogP contribution in [0.2, 0.25) is 0 Å². The maximum absolute atomic E-state index is 11.8. The van der Waals surface area contributed by atoms with Crippen molar-refractivity contribution in [2.75, 3.05) is 19.6 Å². The van der Waals surface area contributed by atoms with Crippen molar-refractivity contribution < 1.29 is 9.59 Å². The molecule has 0 aliphatic carbocycles. The molecule has 0 spiro atoms.